The van der Waals surface area contributed by atoms with E-state index in [0.29, 0.717) is 28.4 Å². The Morgan fingerprint density at radius 3 is 2.50 bits per heavy atom. The minimum absolute atomic E-state index is 0.184. The number of ether oxygens (including phenoxy) is 3. The van der Waals surface area contributed by atoms with Crippen LogP contribution in [0.4, 0.5) is 0 Å². The Bertz CT molecular complexity index is 1090. The van der Waals surface area contributed by atoms with E-state index in [4.69, 9.17) is 14.2 Å². The maximum Gasteiger partial charge on any atom is 0.343 e. The summed E-state index contributed by atoms with van der Waals surface area (Å²) < 4.78 is 16.2. The third kappa shape index (κ3) is 3.42. The molecule has 0 fully saturated rings. The summed E-state index contributed by atoms with van der Waals surface area (Å²) in [6.07, 6.45) is 1.74. The van der Waals surface area contributed by atoms with Crippen LogP contribution in [0, 0.1) is 6.92 Å². The van der Waals surface area contributed by atoms with E-state index in [-0.39, 0.29) is 11.5 Å². The molecule has 0 saturated heterocycles. The number of esters is 1. The molecule has 0 N–H and O–H groups in total. The van der Waals surface area contributed by atoms with E-state index in [0.717, 1.165) is 10.4 Å². The predicted octanol–water partition coefficient (Wildman–Crippen LogP) is 4.90. The SMILES string of the molecule is COc1ccc(C(=O)Oc2ccc3c(c2)OC(=Cc2sccc2C)C3=O)cc1. The van der Waals surface area contributed by atoms with Gasteiger partial charge in [0.15, 0.2) is 5.76 Å². The van der Waals surface area contributed by atoms with Crippen molar-refractivity contribution in [3.8, 4) is 17.2 Å². The Morgan fingerprint density at radius 2 is 1.82 bits per heavy atom. The van der Waals surface area contributed by atoms with Crippen LogP contribution in [0.15, 0.2) is 59.7 Å². The summed E-state index contributed by atoms with van der Waals surface area (Å²) in [5, 5.41) is 1.96. The molecule has 0 unspecified atom stereocenters. The highest BCUT2D eigenvalue weighted by molar-refractivity contribution is 7.11. The largest absolute Gasteiger partial charge is 0.497 e. The van der Waals surface area contributed by atoms with Crippen molar-refractivity contribution in [2.24, 2.45) is 0 Å². The van der Waals surface area contributed by atoms with Gasteiger partial charge in [0, 0.05) is 17.0 Å². The first-order valence-corrected chi connectivity index (χ1v) is 9.42. The molecule has 0 radical (unpaired) electrons. The van der Waals surface area contributed by atoms with E-state index in [2.05, 4.69) is 0 Å². The van der Waals surface area contributed by atoms with E-state index >= 15 is 0 Å². The fourth-order valence-electron chi connectivity index (χ4n) is 2.78. The fourth-order valence-corrected chi connectivity index (χ4v) is 3.62. The number of hydrogen-bond donors (Lipinski definition) is 0. The van der Waals surface area contributed by atoms with Gasteiger partial charge in [-0.2, -0.15) is 0 Å². The molecule has 28 heavy (non-hydrogen) atoms. The average molecular weight is 392 g/mol. The van der Waals surface area contributed by atoms with Crippen LogP contribution in [-0.2, 0) is 0 Å². The van der Waals surface area contributed by atoms with Gasteiger partial charge in [0.2, 0.25) is 5.78 Å². The molecule has 2 aromatic carbocycles. The van der Waals surface area contributed by atoms with E-state index in [1.165, 1.54) is 0 Å². The van der Waals surface area contributed by atoms with E-state index in [9.17, 15) is 9.59 Å². The average Bonchev–Trinajstić information content (AvgIpc) is 3.25. The lowest BCUT2D eigenvalue weighted by Gasteiger charge is -2.06. The number of Topliss-reactive ketones (excluding diaryl/α,β-unsaturated/α-hetero) is 1. The lowest BCUT2D eigenvalue weighted by Crippen LogP contribution is -2.08. The van der Waals surface area contributed by atoms with Gasteiger partial charge in [0.05, 0.1) is 18.2 Å². The Kier molecular flexibility index (Phi) is 4.71. The van der Waals surface area contributed by atoms with Crippen LogP contribution in [0.3, 0.4) is 0 Å². The molecular weight excluding hydrogens is 376 g/mol. The Hall–Kier alpha value is -3.38. The molecule has 0 bridgehead atoms. The first-order valence-electron chi connectivity index (χ1n) is 8.54. The van der Waals surface area contributed by atoms with Crippen molar-refractivity contribution in [3.63, 3.8) is 0 Å². The molecule has 1 aliphatic heterocycles. The highest BCUT2D eigenvalue weighted by Gasteiger charge is 2.28. The molecule has 1 aromatic heterocycles. The van der Waals surface area contributed by atoms with Gasteiger partial charge in [-0.15, -0.1) is 11.3 Å². The number of benzene rings is 2. The van der Waals surface area contributed by atoms with Crippen LogP contribution in [0.1, 0.15) is 31.2 Å². The first-order chi connectivity index (χ1) is 13.5. The Morgan fingerprint density at radius 1 is 1.07 bits per heavy atom. The topological polar surface area (TPSA) is 61.8 Å². The summed E-state index contributed by atoms with van der Waals surface area (Å²) in [4.78, 5) is 25.8. The monoisotopic (exact) mass is 392 g/mol. The van der Waals surface area contributed by atoms with Crippen molar-refractivity contribution in [3.05, 3.63) is 81.2 Å². The summed E-state index contributed by atoms with van der Waals surface area (Å²) >= 11 is 1.54. The summed E-state index contributed by atoms with van der Waals surface area (Å²) in [5.74, 6) is 0.916. The third-order valence-corrected chi connectivity index (χ3v) is 5.31. The zero-order chi connectivity index (χ0) is 19.7. The smallest absolute Gasteiger partial charge is 0.343 e. The molecule has 4 rings (SSSR count). The molecule has 140 valence electrons. The first kappa shape index (κ1) is 18.0. The second kappa shape index (κ2) is 7.32. The molecule has 3 aromatic rings. The van der Waals surface area contributed by atoms with Gasteiger partial charge in [-0.3, -0.25) is 4.79 Å². The number of aryl methyl sites for hydroxylation is 1. The van der Waals surface area contributed by atoms with Crippen molar-refractivity contribution in [2.75, 3.05) is 7.11 Å². The van der Waals surface area contributed by atoms with E-state index < -0.39 is 5.97 Å². The van der Waals surface area contributed by atoms with Crippen LogP contribution in [-0.4, -0.2) is 18.9 Å². The Labute approximate surface area is 165 Å². The predicted molar refractivity (Wildman–Crippen MR) is 106 cm³/mol. The minimum atomic E-state index is -0.503. The minimum Gasteiger partial charge on any atom is -0.497 e. The van der Waals surface area contributed by atoms with Gasteiger partial charge >= 0.3 is 5.97 Å². The van der Waals surface area contributed by atoms with E-state index in [1.807, 2.05) is 18.4 Å². The standard InChI is InChI=1S/C22H16O5S/c1-13-9-10-28-20(13)12-19-21(23)17-8-7-16(11-18(17)27-19)26-22(24)14-3-5-15(25-2)6-4-14/h3-12H,1-2H3. The van der Waals surface area contributed by atoms with Gasteiger partial charge < -0.3 is 14.2 Å². The summed E-state index contributed by atoms with van der Waals surface area (Å²) in [5.41, 5.74) is 1.93. The quantitative estimate of drug-likeness (QED) is 0.359. The summed E-state index contributed by atoms with van der Waals surface area (Å²) in [7, 11) is 1.56. The van der Waals surface area contributed by atoms with Crippen LogP contribution < -0.4 is 14.2 Å². The number of hydrogen-bond acceptors (Lipinski definition) is 6. The number of ketones is 1. The highest BCUT2D eigenvalue weighted by atomic mass is 32.1. The highest BCUT2D eigenvalue weighted by Crippen LogP contribution is 2.35. The molecule has 5 nitrogen and oxygen atoms in total. The molecule has 0 atom stereocenters. The normalized spacial score (nSPS) is 13.9. The fraction of sp³-hybridized carbons (Fsp3) is 0.0909. The lowest BCUT2D eigenvalue weighted by molar-refractivity contribution is 0.0734. The van der Waals surface area contributed by atoms with Crippen LogP contribution >= 0.6 is 11.3 Å². The molecule has 1 aliphatic rings. The van der Waals surface area contributed by atoms with Gasteiger partial charge in [0.25, 0.3) is 0 Å². The van der Waals surface area contributed by atoms with Crippen molar-refractivity contribution in [1.82, 2.24) is 0 Å². The number of thiophene rings is 1. The number of methoxy groups -OCH3 is 1. The van der Waals surface area contributed by atoms with Crippen molar-refractivity contribution >= 4 is 29.2 Å². The van der Waals surface area contributed by atoms with Crippen molar-refractivity contribution in [1.29, 1.82) is 0 Å². The van der Waals surface area contributed by atoms with Crippen LogP contribution in [0.25, 0.3) is 6.08 Å². The van der Waals surface area contributed by atoms with Gasteiger partial charge in [-0.25, -0.2) is 4.79 Å². The van der Waals surface area contributed by atoms with Crippen molar-refractivity contribution < 1.29 is 23.8 Å². The van der Waals surface area contributed by atoms with E-state index in [1.54, 1.807) is 67.0 Å². The maximum absolute atomic E-state index is 12.5. The number of allylic oxidation sites excluding steroid dienone is 1. The zero-order valence-electron chi connectivity index (χ0n) is 15.2. The third-order valence-electron chi connectivity index (χ3n) is 4.34. The van der Waals surface area contributed by atoms with Crippen LogP contribution in [0.2, 0.25) is 0 Å². The van der Waals surface area contributed by atoms with Gasteiger partial charge in [-0.05, 0) is 60.3 Å². The Balaban J connectivity index is 1.53. The van der Waals surface area contributed by atoms with Crippen LogP contribution in [0.5, 0.6) is 17.2 Å². The lowest BCUT2D eigenvalue weighted by atomic mass is 10.1. The molecule has 2 heterocycles. The molecule has 0 amide bonds. The second-order valence-corrected chi connectivity index (χ2v) is 7.13. The number of carbonyl (C=O) groups excluding carboxylic acids is 2. The second-order valence-electron chi connectivity index (χ2n) is 6.18. The maximum atomic E-state index is 12.5. The van der Waals surface area contributed by atoms with Crippen molar-refractivity contribution in [2.45, 2.75) is 6.92 Å². The summed E-state index contributed by atoms with van der Waals surface area (Å²) in [6, 6.07) is 13.3. The number of rotatable bonds is 4. The molecule has 0 aliphatic carbocycles. The summed E-state index contributed by atoms with van der Waals surface area (Å²) in [6.45, 7) is 1.98. The van der Waals surface area contributed by atoms with Gasteiger partial charge in [0.1, 0.15) is 17.2 Å². The zero-order valence-corrected chi connectivity index (χ0v) is 16.0. The molecule has 0 spiro atoms. The molecule has 6 heteroatoms. The van der Waals surface area contributed by atoms with Gasteiger partial charge in [-0.1, -0.05) is 0 Å². The molecular formula is C22H16O5S. The number of carbonyl (C=O) groups is 2. The number of fused-ring (bicyclic) bond motifs is 1. The molecule has 0 saturated carbocycles.